The molecule has 0 saturated carbocycles. The molecule has 1 saturated heterocycles. The van der Waals surface area contributed by atoms with Crippen LogP contribution in [-0.4, -0.2) is 11.6 Å². The van der Waals surface area contributed by atoms with E-state index in [-0.39, 0.29) is 17.1 Å². The summed E-state index contributed by atoms with van der Waals surface area (Å²) >= 11 is 0. The molecular weight excluding hydrogens is 368 g/mol. The maximum Gasteiger partial charge on any atom is 1.00 e. The van der Waals surface area contributed by atoms with Crippen molar-refractivity contribution < 1.29 is 26.8 Å². The third-order valence-corrected chi connectivity index (χ3v) is 3.67. The maximum atomic E-state index is 5.42. The Morgan fingerprint density at radius 1 is 1.04 bits per heavy atom. The topological polar surface area (TPSA) is 69.8 Å². The Hall–Kier alpha value is -2.44. The molecule has 6 nitrogen and oxygen atoms in total. The summed E-state index contributed by atoms with van der Waals surface area (Å²) in [4.78, 5) is 23.6. The summed E-state index contributed by atoms with van der Waals surface area (Å²) in [5, 5.41) is 3.31. The van der Waals surface area contributed by atoms with Gasteiger partial charge in [0.05, 0.1) is 0 Å². The molecule has 0 radical (unpaired) electrons. The van der Waals surface area contributed by atoms with Gasteiger partial charge in [0.25, 0.3) is 0 Å². The van der Waals surface area contributed by atoms with Crippen LogP contribution in [0.15, 0.2) is 78.0 Å². The first kappa shape index (κ1) is 17.4. The quantitative estimate of drug-likeness (QED) is 0.554. The van der Waals surface area contributed by atoms with Crippen molar-refractivity contribution in [2.45, 2.75) is 5.72 Å². The van der Waals surface area contributed by atoms with Crippen LogP contribution in [0.25, 0.3) is 0 Å². The van der Waals surface area contributed by atoms with E-state index >= 15 is 0 Å². The van der Waals surface area contributed by atoms with Crippen molar-refractivity contribution in [1.29, 1.82) is 0 Å². The molecule has 0 aliphatic carbocycles. The van der Waals surface area contributed by atoms with Crippen LogP contribution in [-0.2, 0) is 32.6 Å². The summed E-state index contributed by atoms with van der Waals surface area (Å²) in [6.45, 7) is 0.324. The summed E-state index contributed by atoms with van der Waals surface area (Å²) < 4.78 is 0. The maximum absolute atomic E-state index is 5.42. The average molecular weight is 383 g/mol. The van der Waals surface area contributed by atoms with Gasteiger partial charge in [0, 0.05) is 17.4 Å². The van der Waals surface area contributed by atoms with Gasteiger partial charge in [-0.3, -0.25) is 0 Å². The predicted molar refractivity (Wildman–Crippen MR) is 88.0 cm³/mol. The third kappa shape index (κ3) is 3.65. The molecular formula is C18H15CuN4O2. The van der Waals surface area contributed by atoms with E-state index in [1.54, 1.807) is 12.4 Å². The van der Waals surface area contributed by atoms with Crippen LogP contribution in [0.2, 0.25) is 0 Å². The number of benzene rings is 1. The number of nitrogens with one attached hydrogen (secondary N) is 1. The van der Waals surface area contributed by atoms with Crippen LogP contribution >= 0.6 is 0 Å². The Kier molecular flexibility index (Phi) is 5.31. The number of hydrogen-bond acceptors (Lipinski definition) is 5. The van der Waals surface area contributed by atoms with Crippen molar-refractivity contribution in [3.63, 3.8) is 0 Å². The van der Waals surface area contributed by atoms with Gasteiger partial charge in [-0.25, -0.2) is 14.8 Å². The van der Waals surface area contributed by atoms with Crippen molar-refractivity contribution in [3.8, 4) is 0 Å². The molecule has 1 aliphatic rings. The molecule has 25 heavy (non-hydrogen) atoms. The zero-order chi connectivity index (χ0) is 16.2. The Labute approximate surface area is 155 Å². The minimum atomic E-state index is -0.910. The standard InChI is InChI=1S/C18H15N4O2.Cu/c1-2-8-15(21-16-9-3-5-11-19-16)14(7-1)18(13-23-24-18)22-17-10-4-6-12-20-17;/h1-12H,13H2,(H-,19,20,21,22);/q-1;+1. The second-order valence-corrected chi connectivity index (χ2v) is 5.32. The molecule has 0 amide bonds. The Morgan fingerprint density at radius 3 is 2.52 bits per heavy atom. The van der Waals surface area contributed by atoms with Gasteiger partial charge in [-0.05, 0) is 18.2 Å². The minimum absolute atomic E-state index is 0. The summed E-state index contributed by atoms with van der Waals surface area (Å²) in [6.07, 6.45) is 3.44. The molecule has 1 atom stereocenters. The first-order chi connectivity index (χ1) is 11.9. The zero-order valence-electron chi connectivity index (χ0n) is 13.1. The van der Waals surface area contributed by atoms with E-state index in [1.165, 1.54) is 0 Å². The monoisotopic (exact) mass is 382 g/mol. The Morgan fingerprint density at radius 2 is 1.84 bits per heavy atom. The van der Waals surface area contributed by atoms with E-state index in [1.807, 2.05) is 60.7 Å². The summed E-state index contributed by atoms with van der Waals surface area (Å²) in [6, 6.07) is 19.1. The van der Waals surface area contributed by atoms with Gasteiger partial charge < -0.3 is 15.3 Å². The molecule has 0 spiro atoms. The van der Waals surface area contributed by atoms with Gasteiger partial charge >= 0.3 is 17.1 Å². The number of rotatable bonds is 4. The first-order valence-electron chi connectivity index (χ1n) is 7.58. The Balaban J connectivity index is 0.00000182. The van der Waals surface area contributed by atoms with Crippen LogP contribution in [0, 0.1) is 0 Å². The van der Waals surface area contributed by atoms with Crippen molar-refractivity contribution in [2.24, 2.45) is 4.99 Å². The first-order valence-corrected chi connectivity index (χ1v) is 7.58. The molecule has 1 aliphatic heterocycles. The number of para-hydroxylation sites is 1. The number of hydrogen-bond donors (Lipinski definition) is 1. The van der Waals surface area contributed by atoms with Gasteiger partial charge in [0.1, 0.15) is 12.4 Å². The second kappa shape index (κ2) is 7.63. The summed E-state index contributed by atoms with van der Waals surface area (Å²) in [5.41, 5.74) is 1.41. The van der Waals surface area contributed by atoms with Gasteiger partial charge in [-0.2, -0.15) is 0 Å². The van der Waals surface area contributed by atoms with Crippen LogP contribution in [0.3, 0.4) is 0 Å². The number of anilines is 2. The van der Waals surface area contributed by atoms with Gasteiger partial charge in [0.15, 0.2) is 5.72 Å². The number of pyridine rings is 2. The molecule has 7 heteroatoms. The second-order valence-electron chi connectivity index (χ2n) is 5.32. The minimum Gasteiger partial charge on any atom is -0.443 e. The van der Waals surface area contributed by atoms with E-state index in [4.69, 9.17) is 9.78 Å². The molecule has 1 fully saturated rings. The summed E-state index contributed by atoms with van der Waals surface area (Å²) in [5.74, 6) is 0.748. The fraction of sp³-hybridized carbons (Fsp3) is 0.111. The van der Waals surface area contributed by atoms with E-state index in [0.29, 0.717) is 12.1 Å². The van der Waals surface area contributed by atoms with Crippen LogP contribution < -0.4 is 15.8 Å². The predicted octanol–water partition coefficient (Wildman–Crippen LogP) is 2.50. The largest absolute Gasteiger partial charge is 1.00 e. The molecule has 130 valence electrons. The van der Waals surface area contributed by atoms with E-state index in [2.05, 4.69) is 20.3 Å². The van der Waals surface area contributed by atoms with Crippen LogP contribution in [0.4, 0.5) is 11.5 Å². The number of nitrogens with zero attached hydrogens (tertiary/aromatic N) is 3. The van der Waals surface area contributed by atoms with Crippen LogP contribution in [0.5, 0.6) is 0 Å². The van der Waals surface area contributed by atoms with E-state index in [0.717, 1.165) is 17.1 Å². The van der Waals surface area contributed by atoms with Crippen LogP contribution in [0.1, 0.15) is 5.56 Å². The molecule has 1 N–H and O–H groups in total. The Bertz CT molecular complexity index is 877. The fourth-order valence-corrected chi connectivity index (χ4v) is 2.52. The van der Waals surface area contributed by atoms with Gasteiger partial charge in [-0.15, -0.1) is 0 Å². The fourth-order valence-electron chi connectivity index (χ4n) is 2.52. The molecule has 2 aromatic heterocycles. The van der Waals surface area contributed by atoms with E-state index in [9.17, 15) is 0 Å². The average Bonchev–Trinajstić information content (AvgIpc) is 2.61. The van der Waals surface area contributed by atoms with Gasteiger partial charge in [0.2, 0.25) is 0 Å². The molecule has 1 aromatic carbocycles. The molecule has 4 rings (SSSR count). The molecule has 1 unspecified atom stereocenters. The van der Waals surface area contributed by atoms with Crippen molar-refractivity contribution in [3.05, 3.63) is 84.1 Å². The smallest absolute Gasteiger partial charge is 0.443 e. The molecule has 3 aromatic rings. The summed E-state index contributed by atoms with van der Waals surface area (Å²) in [7, 11) is 0. The van der Waals surface area contributed by atoms with Crippen molar-refractivity contribution in [1.82, 2.24) is 9.97 Å². The van der Waals surface area contributed by atoms with Crippen molar-refractivity contribution >= 4 is 11.5 Å². The zero-order valence-corrected chi connectivity index (χ0v) is 14.0. The number of aromatic nitrogens is 2. The normalized spacial score (nSPS) is 19.6. The SMILES string of the molecule is [Cu+].c1ccc(Nc2ccccc2C2(/N=c3/cccc[n-]3)COO2)nc1. The van der Waals surface area contributed by atoms with Gasteiger partial charge in [-0.1, -0.05) is 54.1 Å². The third-order valence-electron chi connectivity index (χ3n) is 3.67. The molecule has 0 bridgehead atoms. The van der Waals surface area contributed by atoms with Crippen molar-refractivity contribution in [2.75, 3.05) is 11.9 Å². The van der Waals surface area contributed by atoms with E-state index < -0.39 is 5.72 Å². The molecule has 3 heterocycles.